The molecule has 1 aromatic rings. The number of likely N-dealkylation sites (N-methyl/N-ethyl adjacent to an activating group) is 1. The van der Waals surface area contributed by atoms with Gasteiger partial charge in [-0.1, -0.05) is 43.2 Å². The van der Waals surface area contributed by atoms with Gasteiger partial charge in [0.1, 0.15) is 0 Å². The zero-order valence-electron chi connectivity index (χ0n) is 13.6. The van der Waals surface area contributed by atoms with E-state index in [0.29, 0.717) is 12.1 Å². The van der Waals surface area contributed by atoms with Crippen molar-refractivity contribution in [2.24, 2.45) is 5.92 Å². The van der Waals surface area contributed by atoms with E-state index in [-0.39, 0.29) is 0 Å². The average Bonchev–Trinajstić information content (AvgIpc) is 3.20. The standard InChI is InChI=1S/C19H30N2/c1-15(19(20-2)17-11-4-3-5-12-17)21-14-8-13-18(21)16-9-6-7-10-16/h3-5,11-12,15-16,18-20H,6-10,13-14H2,1-2H3. The van der Waals surface area contributed by atoms with Gasteiger partial charge in [-0.15, -0.1) is 0 Å². The van der Waals surface area contributed by atoms with Crippen LogP contribution < -0.4 is 5.32 Å². The van der Waals surface area contributed by atoms with Gasteiger partial charge in [-0.05, 0) is 57.7 Å². The summed E-state index contributed by atoms with van der Waals surface area (Å²) in [6.45, 7) is 3.70. The van der Waals surface area contributed by atoms with Crippen LogP contribution in [0, 0.1) is 5.92 Å². The summed E-state index contributed by atoms with van der Waals surface area (Å²) >= 11 is 0. The van der Waals surface area contributed by atoms with Gasteiger partial charge in [0.15, 0.2) is 0 Å². The first-order valence-corrected chi connectivity index (χ1v) is 8.79. The van der Waals surface area contributed by atoms with Crippen molar-refractivity contribution in [3.8, 4) is 0 Å². The fraction of sp³-hybridized carbons (Fsp3) is 0.684. The van der Waals surface area contributed by atoms with Crippen LogP contribution in [0.3, 0.4) is 0 Å². The van der Waals surface area contributed by atoms with E-state index in [1.54, 1.807) is 0 Å². The molecule has 1 aromatic carbocycles. The molecule has 1 heterocycles. The molecule has 2 heteroatoms. The van der Waals surface area contributed by atoms with Crippen LogP contribution >= 0.6 is 0 Å². The minimum absolute atomic E-state index is 0.438. The first-order valence-electron chi connectivity index (χ1n) is 8.79. The molecule has 1 saturated carbocycles. The summed E-state index contributed by atoms with van der Waals surface area (Å²) in [5.74, 6) is 0.961. The molecule has 1 aliphatic carbocycles. The minimum atomic E-state index is 0.438. The maximum Gasteiger partial charge on any atom is 0.0473 e. The lowest BCUT2D eigenvalue weighted by molar-refractivity contribution is 0.119. The fourth-order valence-electron chi connectivity index (χ4n) is 4.71. The predicted molar refractivity (Wildman–Crippen MR) is 89.4 cm³/mol. The molecule has 2 fully saturated rings. The van der Waals surface area contributed by atoms with Crippen LogP contribution in [0.25, 0.3) is 0 Å². The highest BCUT2D eigenvalue weighted by molar-refractivity contribution is 5.20. The van der Waals surface area contributed by atoms with Gasteiger partial charge in [-0.2, -0.15) is 0 Å². The quantitative estimate of drug-likeness (QED) is 0.880. The van der Waals surface area contributed by atoms with Crippen molar-refractivity contribution in [1.82, 2.24) is 10.2 Å². The van der Waals surface area contributed by atoms with Crippen molar-refractivity contribution >= 4 is 0 Å². The topological polar surface area (TPSA) is 15.3 Å². The molecule has 3 rings (SSSR count). The van der Waals surface area contributed by atoms with E-state index in [9.17, 15) is 0 Å². The van der Waals surface area contributed by atoms with E-state index >= 15 is 0 Å². The second-order valence-electron chi connectivity index (χ2n) is 6.91. The summed E-state index contributed by atoms with van der Waals surface area (Å²) in [4.78, 5) is 2.81. The van der Waals surface area contributed by atoms with E-state index in [1.807, 2.05) is 0 Å². The maximum atomic E-state index is 3.56. The zero-order chi connectivity index (χ0) is 14.7. The van der Waals surface area contributed by atoms with Gasteiger partial charge >= 0.3 is 0 Å². The number of hydrogen-bond donors (Lipinski definition) is 1. The number of likely N-dealkylation sites (tertiary alicyclic amines) is 1. The molecule has 3 atom stereocenters. The van der Waals surface area contributed by atoms with Crippen molar-refractivity contribution in [2.75, 3.05) is 13.6 Å². The highest BCUT2D eigenvalue weighted by Gasteiger charge is 2.37. The lowest BCUT2D eigenvalue weighted by Gasteiger charge is -2.38. The molecule has 1 saturated heterocycles. The lowest BCUT2D eigenvalue weighted by Crippen LogP contribution is -2.46. The average molecular weight is 286 g/mol. The predicted octanol–water partition coefficient (Wildman–Crippen LogP) is 3.99. The molecule has 2 nitrogen and oxygen atoms in total. The molecule has 0 aromatic heterocycles. The molecule has 1 aliphatic heterocycles. The Kier molecular flexibility index (Phi) is 4.97. The van der Waals surface area contributed by atoms with Gasteiger partial charge in [-0.3, -0.25) is 4.90 Å². The summed E-state index contributed by atoms with van der Waals surface area (Å²) in [7, 11) is 2.11. The number of hydrogen-bond acceptors (Lipinski definition) is 2. The number of benzene rings is 1. The molecule has 0 amide bonds. The molecular formula is C19H30N2. The van der Waals surface area contributed by atoms with Crippen LogP contribution in [0.5, 0.6) is 0 Å². The summed E-state index contributed by atoms with van der Waals surface area (Å²) in [6.07, 6.45) is 8.64. The smallest absolute Gasteiger partial charge is 0.0473 e. The van der Waals surface area contributed by atoms with Crippen LogP contribution in [0.2, 0.25) is 0 Å². The normalized spacial score (nSPS) is 27.0. The molecule has 2 aliphatic rings. The van der Waals surface area contributed by atoms with Crippen LogP contribution in [0.4, 0.5) is 0 Å². The first kappa shape index (κ1) is 15.1. The second-order valence-corrected chi connectivity index (χ2v) is 6.91. The van der Waals surface area contributed by atoms with Crippen molar-refractivity contribution in [3.05, 3.63) is 35.9 Å². The Balaban J connectivity index is 1.74. The minimum Gasteiger partial charge on any atom is -0.312 e. The summed E-state index contributed by atoms with van der Waals surface area (Å²) in [6, 6.07) is 12.8. The second kappa shape index (κ2) is 6.93. The van der Waals surface area contributed by atoms with Crippen molar-refractivity contribution in [1.29, 1.82) is 0 Å². The third kappa shape index (κ3) is 3.17. The molecule has 116 valence electrons. The SMILES string of the molecule is CNC(c1ccccc1)C(C)N1CCCC1C1CCCC1. The van der Waals surface area contributed by atoms with Crippen molar-refractivity contribution < 1.29 is 0 Å². The Hall–Kier alpha value is -0.860. The molecule has 0 spiro atoms. The van der Waals surface area contributed by atoms with Gasteiger partial charge in [0, 0.05) is 18.1 Å². The van der Waals surface area contributed by atoms with Crippen LogP contribution in [-0.4, -0.2) is 30.6 Å². The Labute approximate surface area is 129 Å². The van der Waals surface area contributed by atoms with Gasteiger partial charge < -0.3 is 5.32 Å². The summed E-state index contributed by atoms with van der Waals surface area (Å²) in [5, 5.41) is 3.56. The highest BCUT2D eigenvalue weighted by Crippen LogP contribution is 2.38. The van der Waals surface area contributed by atoms with Gasteiger partial charge in [-0.25, -0.2) is 0 Å². The molecule has 0 radical (unpaired) electrons. The fourth-order valence-corrected chi connectivity index (χ4v) is 4.71. The molecule has 0 bridgehead atoms. The largest absolute Gasteiger partial charge is 0.312 e. The Morgan fingerprint density at radius 3 is 2.43 bits per heavy atom. The Bertz CT molecular complexity index is 424. The van der Waals surface area contributed by atoms with E-state index < -0.39 is 0 Å². The molecule has 3 unspecified atom stereocenters. The zero-order valence-corrected chi connectivity index (χ0v) is 13.6. The van der Waals surface area contributed by atoms with E-state index in [4.69, 9.17) is 0 Å². The van der Waals surface area contributed by atoms with Crippen molar-refractivity contribution in [3.63, 3.8) is 0 Å². The lowest BCUT2D eigenvalue weighted by atomic mass is 9.93. The molecular weight excluding hydrogens is 256 g/mol. The first-order chi connectivity index (χ1) is 10.3. The Morgan fingerprint density at radius 1 is 1.05 bits per heavy atom. The summed E-state index contributed by atoms with van der Waals surface area (Å²) < 4.78 is 0. The monoisotopic (exact) mass is 286 g/mol. The third-order valence-corrected chi connectivity index (χ3v) is 5.76. The maximum absolute atomic E-state index is 3.56. The number of nitrogens with one attached hydrogen (secondary N) is 1. The van der Waals surface area contributed by atoms with Crippen molar-refractivity contribution in [2.45, 2.75) is 63.6 Å². The van der Waals surface area contributed by atoms with Crippen LogP contribution in [-0.2, 0) is 0 Å². The summed E-state index contributed by atoms with van der Waals surface area (Å²) in [5.41, 5.74) is 1.42. The van der Waals surface area contributed by atoms with E-state index in [2.05, 4.69) is 54.5 Å². The third-order valence-electron chi connectivity index (χ3n) is 5.76. The number of nitrogens with zero attached hydrogens (tertiary/aromatic N) is 1. The van der Waals surface area contributed by atoms with Gasteiger partial charge in [0.05, 0.1) is 0 Å². The highest BCUT2D eigenvalue weighted by atomic mass is 15.2. The number of rotatable bonds is 5. The Morgan fingerprint density at radius 2 is 1.76 bits per heavy atom. The molecule has 21 heavy (non-hydrogen) atoms. The van der Waals surface area contributed by atoms with Gasteiger partial charge in [0.2, 0.25) is 0 Å². The molecule has 1 N–H and O–H groups in total. The van der Waals surface area contributed by atoms with E-state index in [1.165, 1.54) is 50.6 Å². The van der Waals surface area contributed by atoms with Crippen LogP contribution in [0.15, 0.2) is 30.3 Å². The van der Waals surface area contributed by atoms with Gasteiger partial charge in [0.25, 0.3) is 0 Å². The van der Waals surface area contributed by atoms with Crippen LogP contribution in [0.1, 0.15) is 57.1 Å². The van der Waals surface area contributed by atoms with E-state index in [0.717, 1.165) is 12.0 Å².